The van der Waals surface area contributed by atoms with Gasteiger partial charge in [-0.2, -0.15) is 0 Å². The van der Waals surface area contributed by atoms with Crippen LogP contribution in [0.1, 0.15) is 54.6 Å². The number of hydrogen-bond acceptors (Lipinski definition) is 9. The first-order chi connectivity index (χ1) is 20.7. The number of piperidine rings is 1. The van der Waals surface area contributed by atoms with E-state index < -0.39 is 11.9 Å². The maximum Gasteiger partial charge on any atom is 0.255 e. The van der Waals surface area contributed by atoms with Crippen molar-refractivity contribution < 1.29 is 23.9 Å². The van der Waals surface area contributed by atoms with Gasteiger partial charge in [-0.25, -0.2) is 9.97 Å². The largest absolute Gasteiger partial charge is 0.489 e. The van der Waals surface area contributed by atoms with Crippen LogP contribution in [-0.4, -0.2) is 88.0 Å². The van der Waals surface area contributed by atoms with Crippen LogP contribution in [0.4, 0.5) is 5.95 Å². The van der Waals surface area contributed by atoms with Crippen LogP contribution >= 0.6 is 0 Å². The highest BCUT2D eigenvalue weighted by Gasteiger charge is 2.39. The fraction of sp³-hybridized carbons (Fsp3) is 0.469. The number of aromatic nitrogens is 2. The third-order valence-electron chi connectivity index (χ3n) is 8.77. The third-order valence-corrected chi connectivity index (χ3v) is 8.77. The van der Waals surface area contributed by atoms with Gasteiger partial charge in [0.25, 0.3) is 5.91 Å². The molecular formula is C32H36N6O5. The zero-order valence-electron chi connectivity index (χ0n) is 24.5. The van der Waals surface area contributed by atoms with E-state index in [1.54, 1.807) is 11.0 Å². The smallest absolute Gasteiger partial charge is 0.255 e. The SMILES string of the molecule is CC1(C)CN(c2ncc3cc(CN4CC[C@H](Oc5ccc6c(c5)CN(C5CCC(=O)NC5=O)C6=O)C4)ccc3n2)CCO1. The lowest BCUT2D eigenvalue weighted by molar-refractivity contribution is -0.136. The molecular weight excluding hydrogens is 548 g/mol. The van der Waals surface area contributed by atoms with Crippen molar-refractivity contribution in [2.24, 2.45) is 0 Å². The van der Waals surface area contributed by atoms with Gasteiger partial charge in [0.15, 0.2) is 0 Å². The molecule has 3 fully saturated rings. The number of imide groups is 1. The molecule has 3 aromatic rings. The number of morpholine rings is 1. The lowest BCUT2D eigenvalue weighted by Gasteiger charge is -2.38. The van der Waals surface area contributed by atoms with Crippen molar-refractivity contribution >= 4 is 34.6 Å². The van der Waals surface area contributed by atoms with Crippen molar-refractivity contribution in [2.45, 2.75) is 63.9 Å². The Kier molecular flexibility index (Phi) is 7.01. The number of carbonyl (C=O) groups excluding carboxylic acids is 3. The molecule has 2 atom stereocenters. The molecule has 4 aliphatic rings. The topological polar surface area (TPSA) is 117 Å². The van der Waals surface area contributed by atoms with Gasteiger partial charge < -0.3 is 19.3 Å². The first-order valence-corrected chi connectivity index (χ1v) is 15.0. The number of amides is 3. The molecule has 1 N–H and O–H groups in total. The molecule has 0 spiro atoms. The molecule has 2 aromatic carbocycles. The Bertz CT molecular complexity index is 1610. The molecule has 3 saturated heterocycles. The summed E-state index contributed by atoms with van der Waals surface area (Å²) in [6, 6.07) is 11.3. The van der Waals surface area contributed by atoms with Gasteiger partial charge in [0.1, 0.15) is 17.9 Å². The van der Waals surface area contributed by atoms with Crippen molar-refractivity contribution in [3.8, 4) is 5.75 Å². The van der Waals surface area contributed by atoms with Crippen LogP contribution in [0.2, 0.25) is 0 Å². The van der Waals surface area contributed by atoms with Crippen LogP contribution in [0, 0.1) is 0 Å². The van der Waals surface area contributed by atoms with E-state index in [4.69, 9.17) is 14.5 Å². The highest BCUT2D eigenvalue weighted by molar-refractivity contribution is 6.05. The molecule has 0 saturated carbocycles. The lowest BCUT2D eigenvalue weighted by Crippen LogP contribution is -2.52. The Labute approximate surface area is 250 Å². The number of carbonyl (C=O) groups is 3. The van der Waals surface area contributed by atoms with E-state index in [9.17, 15) is 14.4 Å². The molecule has 0 aliphatic carbocycles. The second-order valence-corrected chi connectivity index (χ2v) is 12.6. The first-order valence-electron chi connectivity index (χ1n) is 15.0. The molecule has 224 valence electrons. The average Bonchev–Trinajstić information content (AvgIpc) is 3.55. The normalized spacial score (nSPS) is 24.0. The van der Waals surface area contributed by atoms with Crippen molar-refractivity contribution in [1.82, 2.24) is 25.1 Å². The predicted octanol–water partition coefficient (Wildman–Crippen LogP) is 2.66. The van der Waals surface area contributed by atoms with Gasteiger partial charge in [0.05, 0.1) is 17.7 Å². The van der Waals surface area contributed by atoms with Crippen LogP contribution in [0.3, 0.4) is 0 Å². The summed E-state index contributed by atoms with van der Waals surface area (Å²) in [7, 11) is 0. The van der Waals surface area contributed by atoms with Crippen LogP contribution in [0.25, 0.3) is 10.9 Å². The zero-order valence-corrected chi connectivity index (χ0v) is 24.5. The minimum absolute atomic E-state index is 0.0468. The maximum atomic E-state index is 13.0. The average molecular weight is 585 g/mol. The number of benzene rings is 2. The molecule has 11 heteroatoms. The molecule has 11 nitrogen and oxygen atoms in total. The Hall–Kier alpha value is -4.09. The second kappa shape index (κ2) is 10.9. The molecule has 7 rings (SSSR count). The fourth-order valence-electron chi connectivity index (χ4n) is 6.62. The summed E-state index contributed by atoms with van der Waals surface area (Å²) in [6.45, 7) is 9.29. The first kappa shape index (κ1) is 27.7. The summed E-state index contributed by atoms with van der Waals surface area (Å²) in [5.41, 5.74) is 3.37. The third kappa shape index (κ3) is 5.66. The van der Waals surface area contributed by atoms with Gasteiger partial charge in [0, 0.05) is 62.8 Å². The highest BCUT2D eigenvalue weighted by Crippen LogP contribution is 2.31. The summed E-state index contributed by atoms with van der Waals surface area (Å²) >= 11 is 0. The molecule has 1 unspecified atom stereocenters. The van der Waals surface area contributed by atoms with E-state index >= 15 is 0 Å². The number of fused-ring (bicyclic) bond motifs is 2. The molecule has 4 aliphatic heterocycles. The number of likely N-dealkylation sites (tertiary alicyclic amines) is 1. The van der Waals surface area contributed by atoms with E-state index in [0.717, 1.165) is 67.3 Å². The minimum atomic E-state index is -0.619. The van der Waals surface area contributed by atoms with Crippen molar-refractivity contribution in [3.63, 3.8) is 0 Å². The Morgan fingerprint density at radius 2 is 1.98 bits per heavy atom. The zero-order chi connectivity index (χ0) is 29.7. The summed E-state index contributed by atoms with van der Waals surface area (Å²) in [5, 5.41) is 3.37. The predicted molar refractivity (Wildman–Crippen MR) is 159 cm³/mol. The second-order valence-electron chi connectivity index (χ2n) is 12.6. The molecule has 43 heavy (non-hydrogen) atoms. The van der Waals surface area contributed by atoms with Gasteiger partial charge in [-0.15, -0.1) is 0 Å². The number of hydrogen-bond donors (Lipinski definition) is 1. The fourth-order valence-corrected chi connectivity index (χ4v) is 6.62. The molecule has 3 amide bonds. The highest BCUT2D eigenvalue weighted by atomic mass is 16.5. The van der Waals surface area contributed by atoms with Gasteiger partial charge >= 0.3 is 0 Å². The van der Waals surface area contributed by atoms with E-state index in [0.29, 0.717) is 25.1 Å². The van der Waals surface area contributed by atoms with Gasteiger partial charge in [0.2, 0.25) is 17.8 Å². The summed E-state index contributed by atoms with van der Waals surface area (Å²) in [4.78, 5) is 52.5. The number of anilines is 1. The maximum absolute atomic E-state index is 13.0. The van der Waals surface area contributed by atoms with Gasteiger partial charge in [-0.1, -0.05) is 6.07 Å². The van der Waals surface area contributed by atoms with E-state index in [-0.39, 0.29) is 29.9 Å². The van der Waals surface area contributed by atoms with Crippen LogP contribution in [0.15, 0.2) is 42.6 Å². The van der Waals surface area contributed by atoms with Crippen molar-refractivity contribution in [2.75, 3.05) is 37.7 Å². The van der Waals surface area contributed by atoms with Crippen LogP contribution in [-0.2, 0) is 27.4 Å². The Morgan fingerprint density at radius 1 is 1.09 bits per heavy atom. The quantitative estimate of drug-likeness (QED) is 0.437. The van der Waals surface area contributed by atoms with Crippen molar-refractivity contribution in [1.29, 1.82) is 0 Å². The summed E-state index contributed by atoms with van der Waals surface area (Å²) < 4.78 is 12.2. The van der Waals surface area contributed by atoms with Crippen molar-refractivity contribution in [3.05, 3.63) is 59.3 Å². The number of nitrogens with one attached hydrogen (secondary N) is 1. The van der Waals surface area contributed by atoms with Gasteiger partial charge in [-0.3, -0.25) is 24.6 Å². The lowest BCUT2D eigenvalue weighted by atomic mass is 10.0. The summed E-state index contributed by atoms with van der Waals surface area (Å²) in [6.07, 6.45) is 3.47. The van der Waals surface area contributed by atoms with E-state index in [2.05, 4.69) is 52.1 Å². The molecule has 0 bridgehead atoms. The summed E-state index contributed by atoms with van der Waals surface area (Å²) in [5.74, 6) is 0.608. The molecule has 1 aromatic heterocycles. The molecule has 5 heterocycles. The minimum Gasteiger partial charge on any atom is -0.489 e. The van der Waals surface area contributed by atoms with Crippen LogP contribution in [0.5, 0.6) is 5.75 Å². The van der Waals surface area contributed by atoms with E-state index in [1.165, 1.54) is 5.56 Å². The standard InChI is InChI=1S/C32H36N6O5/c1-32(2)19-37(11-12-42-32)31-33-15-21-13-20(3-6-26(21)34-31)16-36-10-9-24(18-36)43-23-4-5-25-22(14-23)17-38(30(25)41)27-7-8-28(39)35-29(27)40/h3-6,13-15,24,27H,7-12,16-19H2,1-2H3,(H,35,39,40)/t24-,27?/m0/s1. The van der Waals surface area contributed by atoms with E-state index in [1.807, 2.05) is 18.3 Å². The Balaban J connectivity index is 0.957. The molecule has 0 radical (unpaired) electrons. The monoisotopic (exact) mass is 584 g/mol. The number of ether oxygens (including phenoxy) is 2. The Morgan fingerprint density at radius 3 is 2.81 bits per heavy atom. The van der Waals surface area contributed by atoms with Crippen LogP contribution < -0.4 is 15.0 Å². The number of rotatable bonds is 6. The number of nitrogens with zero attached hydrogens (tertiary/aromatic N) is 5. The van der Waals surface area contributed by atoms with Gasteiger partial charge in [-0.05, 0) is 68.1 Å².